The molecule has 0 fully saturated rings. The van der Waals surface area contributed by atoms with Crippen molar-refractivity contribution in [3.8, 4) is 11.5 Å². The molecule has 0 aliphatic carbocycles. The molecule has 0 radical (unpaired) electrons. The molecule has 0 amide bonds. The topological polar surface area (TPSA) is 35.5 Å². The molecule has 2 aromatic carbocycles. The smallest absolute Gasteiger partial charge is 0.394 e. The van der Waals surface area contributed by atoms with Gasteiger partial charge in [0.2, 0.25) is 0 Å². The minimum Gasteiger partial charge on any atom is -0.394 e. The molecule has 0 aliphatic rings. The highest BCUT2D eigenvalue weighted by molar-refractivity contribution is 5.69. The Kier molecular flexibility index (Phi) is 7.54. The van der Waals surface area contributed by atoms with E-state index in [1.54, 1.807) is 0 Å². The van der Waals surface area contributed by atoms with Crippen molar-refractivity contribution in [3.63, 3.8) is 0 Å². The fourth-order valence-electron chi connectivity index (χ4n) is 4.22. The second-order valence-electron chi connectivity index (χ2n) is 11.6. The molecule has 0 spiro atoms. The molecule has 0 aromatic heterocycles. The number of carbonyl (C=O) groups excluding carboxylic acids is 1. The maximum Gasteiger partial charge on any atom is 0.519 e. The van der Waals surface area contributed by atoms with Crippen LogP contribution in [0.2, 0.25) is 0 Å². The van der Waals surface area contributed by atoms with Gasteiger partial charge in [0, 0.05) is 11.1 Å². The first-order chi connectivity index (χ1) is 14.5. The van der Waals surface area contributed by atoms with Crippen LogP contribution in [-0.4, -0.2) is 6.16 Å². The monoisotopic (exact) mass is 438 g/mol. The second-order valence-corrected chi connectivity index (χ2v) is 11.6. The number of ether oxygens (including phenoxy) is 2. The Balaban J connectivity index is 2.45. The van der Waals surface area contributed by atoms with Crippen LogP contribution < -0.4 is 9.47 Å². The van der Waals surface area contributed by atoms with Crippen LogP contribution >= 0.6 is 0 Å². The van der Waals surface area contributed by atoms with Crippen molar-refractivity contribution in [2.24, 2.45) is 10.8 Å². The molecule has 32 heavy (non-hydrogen) atoms. The SMILES string of the molecule is Cc1cc(C)c(C(C)C(C)(C)C)c(OC(=O)Oc2cc(C)cc(C)c2C(C)C(C)(C)C)c1. The zero-order valence-corrected chi connectivity index (χ0v) is 22.2. The highest BCUT2D eigenvalue weighted by atomic mass is 16.7. The summed E-state index contributed by atoms with van der Waals surface area (Å²) < 4.78 is 11.7. The highest BCUT2D eigenvalue weighted by Crippen LogP contribution is 2.43. The summed E-state index contributed by atoms with van der Waals surface area (Å²) in [5.41, 5.74) is 6.56. The molecule has 0 heterocycles. The number of hydrogen-bond acceptors (Lipinski definition) is 3. The summed E-state index contributed by atoms with van der Waals surface area (Å²) >= 11 is 0. The molecule has 0 saturated carbocycles. The van der Waals surface area contributed by atoms with Gasteiger partial charge in [-0.1, -0.05) is 67.5 Å². The van der Waals surface area contributed by atoms with Crippen molar-refractivity contribution in [2.75, 3.05) is 0 Å². The van der Waals surface area contributed by atoms with Gasteiger partial charge < -0.3 is 9.47 Å². The van der Waals surface area contributed by atoms with Crippen molar-refractivity contribution >= 4 is 6.16 Å². The van der Waals surface area contributed by atoms with Gasteiger partial charge in [-0.05, 0) is 84.7 Å². The van der Waals surface area contributed by atoms with Crippen LogP contribution in [-0.2, 0) is 0 Å². The molecule has 2 aromatic rings. The average Bonchev–Trinajstić information content (AvgIpc) is 2.58. The lowest BCUT2D eigenvalue weighted by atomic mass is 9.76. The molecule has 176 valence electrons. The molecule has 0 bridgehead atoms. The molecule has 0 N–H and O–H groups in total. The Morgan fingerprint density at radius 2 is 0.969 bits per heavy atom. The average molecular weight is 439 g/mol. The third-order valence-corrected chi connectivity index (χ3v) is 6.84. The van der Waals surface area contributed by atoms with Gasteiger partial charge in [0.05, 0.1) is 0 Å². The predicted octanol–water partition coefficient (Wildman–Crippen LogP) is 8.80. The number of benzene rings is 2. The van der Waals surface area contributed by atoms with Crippen LogP contribution in [0.5, 0.6) is 11.5 Å². The largest absolute Gasteiger partial charge is 0.519 e. The van der Waals surface area contributed by atoms with Gasteiger partial charge in [0.25, 0.3) is 0 Å². The minimum absolute atomic E-state index is 0.0327. The normalized spacial score (nSPS) is 14.1. The lowest BCUT2D eigenvalue weighted by molar-refractivity contribution is 0.149. The van der Waals surface area contributed by atoms with Crippen molar-refractivity contribution in [2.45, 2.75) is 94.9 Å². The van der Waals surface area contributed by atoms with Crippen LogP contribution in [0, 0.1) is 38.5 Å². The minimum atomic E-state index is -0.690. The van der Waals surface area contributed by atoms with E-state index in [0.29, 0.717) is 11.5 Å². The Morgan fingerprint density at radius 3 is 1.25 bits per heavy atom. The number of aryl methyl sites for hydroxylation is 4. The van der Waals surface area contributed by atoms with Crippen molar-refractivity contribution in [1.82, 2.24) is 0 Å². The number of carbonyl (C=O) groups is 1. The van der Waals surface area contributed by atoms with Gasteiger partial charge in [-0.15, -0.1) is 0 Å². The van der Waals surface area contributed by atoms with Crippen LogP contribution in [0.4, 0.5) is 4.79 Å². The van der Waals surface area contributed by atoms with Crippen molar-refractivity contribution < 1.29 is 14.3 Å². The standard InChI is InChI=1S/C29H42O3/c1-17-13-19(3)25(21(5)28(7,8)9)23(15-17)31-27(30)32-24-16-18(2)14-20(4)26(24)22(6)29(10,11)12/h13-16,21-22H,1-12H3. The maximum atomic E-state index is 13.0. The Bertz CT molecular complexity index is 907. The molecule has 3 heteroatoms. The van der Waals surface area contributed by atoms with E-state index in [-0.39, 0.29) is 22.7 Å². The van der Waals surface area contributed by atoms with E-state index in [1.807, 2.05) is 26.0 Å². The first kappa shape index (κ1) is 26.0. The van der Waals surface area contributed by atoms with Crippen molar-refractivity contribution in [3.05, 3.63) is 57.6 Å². The number of rotatable bonds is 4. The summed E-state index contributed by atoms with van der Waals surface area (Å²) in [6, 6.07) is 8.16. The molecular weight excluding hydrogens is 396 g/mol. The van der Waals surface area contributed by atoms with Gasteiger partial charge >= 0.3 is 6.16 Å². The van der Waals surface area contributed by atoms with Crippen LogP contribution in [0.25, 0.3) is 0 Å². The summed E-state index contributed by atoms with van der Waals surface area (Å²) in [6.07, 6.45) is -0.690. The summed E-state index contributed by atoms with van der Waals surface area (Å²) in [6.45, 7) is 25.8. The third kappa shape index (κ3) is 5.94. The molecule has 2 atom stereocenters. The van der Waals surface area contributed by atoms with E-state index in [4.69, 9.17) is 9.47 Å². The van der Waals surface area contributed by atoms with Crippen LogP contribution in [0.1, 0.15) is 101 Å². The van der Waals surface area contributed by atoms with Crippen LogP contribution in [0.15, 0.2) is 24.3 Å². The molecule has 3 nitrogen and oxygen atoms in total. The maximum absolute atomic E-state index is 13.0. The molecule has 0 saturated heterocycles. The summed E-state index contributed by atoms with van der Waals surface area (Å²) in [5, 5.41) is 0. The predicted molar refractivity (Wildman–Crippen MR) is 134 cm³/mol. The fourth-order valence-corrected chi connectivity index (χ4v) is 4.22. The van der Waals surface area contributed by atoms with E-state index < -0.39 is 6.16 Å². The first-order valence-corrected chi connectivity index (χ1v) is 11.6. The Morgan fingerprint density at radius 1 is 0.656 bits per heavy atom. The van der Waals surface area contributed by atoms with Gasteiger partial charge in [-0.25, -0.2) is 4.79 Å². The zero-order chi connectivity index (χ0) is 24.6. The molecule has 2 rings (SSSR count). The summed E-state index contributed by atoms with van der Waals surface area (Å²) in [7, 11) is 0. The van der Waals surface area contributed by atoms with E-state index in [2.05, 4.69) is 81.4 Å². The number of hydrogen-bond donors (Lipinski definition) is 0. The highest BCUT2D eigenvalue weighted by Gasteiger charge is 2.29. The lowest BCUT2D eigenvalue weighted by Gasteiger charge is -2.31. The van der Waals surface area contributed by atoms with Gasteiger partial charge in [-0.3, -0.25) is 0 Å². The fraction of sp³-hybridized carbons (Fsp3) is 0.552. The van der Waals surface area contributed by atoms with Gasteiger partial charge in [0.1, 0.15) is 11.5 Å². The van der Waals surface area contributed by atoms with E-state index in [0.717, 1.165) is 33.4 Å². The quantitative estimate of drug-likeness (QED) is 0.353. The summed E-state index contributed by atoms with van der Waals surface area (Å²) in [4.78, 5) is 13.0. The molecule has 0 aliphatic heterocycles. The Labute approximate surface area is 195 Å². The third-order valence-electron chi connectivity index (χ3n) is 6.84. The van der Waals surface area contributed by atoms with E-state index in [9.17, 15) is 4.79 Å². The van der Waals surface area contributed by atoms with Crippen molar-refractivity contribution in [1.29, 1.82) is 0 Å². The van der Waals surface area contributed by atoms with Gasteiger partial charge in [0.15, 0.2) is 0 Å². The first-order valence-electron chi connectivity index (χ1n) is 11.6. The zero-order valence-electron chi connectivity index (χ0n) is 22.2. The molecular formula is C29H42O3. The van der Waals surface area contributed by atoms with Crippen LogP contribution in [0.3, 0.4) is 0 Å². The second kappa shape index (κ2) is 9.29. The van der Waals surface area contributed by atoms with E-state index >= 15 is 0 Å². The van der Waals surface area contributed by atoms with E-state index in [1.165, 1.54) is 0 Å². The van der Waals surface area contributed by atoms with Gasteiger partial charge in [-0.2, -0.15) is 0 Å². The lowest BCUT2D eigenvalue weighted by Crippen LogP contribution is -2.22. The summed E-state index contributed by atoms with van der Waals surface area (Å²) in [5.74, 6) is 1.60. The molecule has 2 unspecified atom stereocenters. The Hall–Kier alpha value is -2.29.